The van der Waals surface area contributed by atoms with Crippen LogP contribution in [0.4, 0.5) is 0 Å². The maximum absolute atomic E-state index is 10.9. The average molecular weight is 207 g/mol. The first-order chi connectivity index (χ1) is 7.34. The smallest absolute Gasteiger partial charge is 0.310 e. The predicted molar refractivity (Wildman–Crippen MR) is 61.0 cm³/mol. The Kier molecular flexibility index (Phi) is 3.38. The lowest BCUT2D eigenvalue weighted by atomic mass is 9.97. The van der Waals surface area contributed by atoms with Gasteiger partial charge in [0, 0.05) is 1.37 Å². The molecular formula is C13H18O2. The Morgan fingerprint density at radius 3 is 2.27 bits per heavy atom. The molecule has 1 aromatic carbocycles. The molecule has 0 aliphatic rings. The Hall–Kier alpha value is -1.31. The second-order valence-electron chi connectivity index (χ2n) is 4.23. The van der Waals surface area contributed by atoms with Crippen molar-refractivity contribution in [1.29, 1.82) is 0 Å². The molecule has 2 nitrogen and oxygen atoms in total. The van der Waals surface area contributed by atoms with Crippen LogP contribution in [0.3, 0.4) is 0 Å². The van der Waals surface area contributed by atoms with Gasteiger partial charge in [-0.15, -0.1) is 0 Å². The van der Waals surface area contributed by atoms with Crippen molar-refractivity contribution in [2.24, 2.45) is 5.92 Å². The first-order valence-corrected chi connectivity index (χ1v) is 5.17. The minimum atomic E-state index is -1.56. The van der Waals surface area contributed by atoms with Crippen molar-refractivity contribution in [3.05, 3.63) is 35.4 Å². The number of aliphatic carboxylic acids is 1. The van der Waals surface area contributed by atoms with Crippen LogP contribution >= 0.6 is 0 Å². The molecule has 0 bridgehead atoms. The summed E-state index contributed by atoms with van der Waals surface area (Å²) in [6.07, 6.45) is 0.974. The molecule has 82 valence electrons. The summed E-state index contributed by atoms with van der Waals surface area (Å²) in [5.74, 6) is -2.10. The van der Waals surface area contributed by atoms with Gasteiger partial charge in [0.2, 0.25) is 0 Å². The van der Waals surface area contributed by atoms with Crippen molar-refractivity contribution in [3.63, 3.8) is 0 Å². The molecule has 0 saturated carbocycles. The van der Waals surface area contributed by atoms with Crippen LogP contribution in [0.15, 0.2) is 24.3 Å². The van der Waals surface area contributed by atoms with E-state index in [2.05, 4.69) is 13.8 Å². The van der Waals surface area contributed by atoms with E-state index in [4.69, 9.17) is 6.48 Å². The van der Waals surface area contributed by atoms with E-state index in [9.17, 15) is 4.79 Å². The van der Waals surface area contributed by atoms with Gasteiger partial charge in [0.1, 0.15) is 0 Å². The molecule has 1 aromatic rings. The van der Waals surface area contributed by atoms with Crippen molar-refractivity contribution in [2.75, 3.05) is 0 Å². The lowest BCUT2D eigenvalue weighted by molar-refractivity contribution is -0.138. The molecule has 0 saturated heterocycles. The van der Waals surface area contributed by atoms with E-state index < -0.39 is 11.9 Å². The van der Waals surface area contributed by atoms with Crippen LogP contribution in [0.5, 0.6) is 0 Å². The van der Waals surface area contributed by atoms with Gasteiger partial charge in [-0.1, -0.05) is 38.1 Å². The zero-order chi connectivity index (χ0) is 12.3. The lowest BCUT2D eigenvalue weighted by Gasteiger charge is -2.09. The molecule has 1 atom stereocenters. The maximum atomic E-state index is 10.9. The summed E-state index contributed by atoms with van der Waals surface area (Å²) >= 11 is 0. The van der Waals surface area contributed by atoms with Gasteiger partial charge in [-0.25, -0.2) is 0 Å². The minimum Gasteiger partial charge on any atom is -0.481 e. The first-order valence-electron chi connectivity index (χ1n) is 5.67. The average Bonchev–Trinajstić information content (AvgIpc) is 2.17. The summed E-state index contributed by atoms with van der Waals surface area (Å²) in [6, 6.07) is 7.29. The fraction of sp³-hybridized carbons (Fsp3) is 0.462. The van der Waals surface area contributed by atoms with Crippen molar-refractivity contribution in [1.82, 2.24) is 0 Å². The third-order valence-electron chi connectivity index (χ3n) is 2.35. The zero-order valence-electron chi connectivity index (χ0n) is 10.4. The summed E-state index contributed by atoms with van der Waals surface area (Å²) in [4.78, 5) is 10.9. The summed E-state index contributed by atoms with van der Waals surface area (Å²) in [6.45, 7) is 5.67. The minimum absolute atomic E-state index is 0.521. The van der Waals surface area contributed by atoms with Crippen LogP contribution in [-0.4, -0.2) is 11.1 Å². The largest absolute Gasteiger partial charge is 0.481 e. The highest BCUT2D eigenvalue weighted by Gasteiger charge is 2.12. The van der Waals surface area contributed by atoms with Gasteiger partial charge < -0.3 is 5.11 Å². The highest BCUT2D eigenvalue weighted by Crippen LogP contribution is 2.17. The first kappa shape index (κ1) is 10.2. The quantitative estimate of drug-likeness (QED) is 0.823. The molecule has 0 aliphatic carbocycles. The number of carboxylic acids is 1. The fourth-order valence-corrected chi connectivity index (χ4v) is 1.49. The number of rotatable bonds is 4. The molecular weight excluding hydrogens is 188 g/mol. The molecule has 0 radical (unpaired) electrons. The Morgan fingerprint density at radius 2 is 1.87 bits per heavy atom. The monoisotopic (exact) mass is 207 g/mol. The van der Waals surface area contributed by atoms with Gasteiger partial charge in [0.05, 0.1) is 5.89 Å². The predicted octanol–water partition coefficient (Wildman–Crippen LogP) is 3.07. The van der Waals surface area contributed by atoms with Gasteiger partial charge in [-0.2, -0.15) is 0 Å². The number of carbonyl (C=O) groups is 1. The zero-order valence-corrected chi connectivity index (χ0v) is 9.45. The molecule has 0 heterocycles. The van der Waals surface area contributed by atoms with E-state index in [-0.39, 0.29) is 0 Å². The van der Waals surface area contributed by atoms with Crippen LogP contribution in [0.1, 0.15) is 39.2 Å². The second kappa shape index (κ2) is 4.96. The number of carboxylic acid groups (broad SMARTS) is 1. The van der Waals surface area contributed by atoms with Gasteiger partial charge in [0.25, 0.3) is 0 Å². The summed E-state index contributed by atoms with van der Waals surface area (Å²) in [7, 11) is 0. The summed E-state index contributed by atoms with van der Waals surface area (Å²) < 4.78 is 7.73. The highest BCUT2D eigenvalue weighted by atomic mass is 16.4. The Labute approximate surface area is 92.3 Å². The maximum Gasteiger partial charge on any atom is 0.310 e. The molecule has 2 heteroatoms. The number of hydrogen-bond acceptors (Lipinski definition) is 1. The third-order valence-corrected chi connectivity index (χ3v) is 2.35. The number of benzene rings is 1. The molecule has 1 N–H and O–H groups in total. The third kappa shape index (κ3) is 3.39. The molecule has 0 amide bonds. The lowest BCUT2D eigenvalue weighted by Crippen LogP contribution is -2.07. The topological polar surface area (TPSA) is 37.3 Å². The van der Waals surface area contributed by atoms with Crippen molar-refractivity contribution >= 4 is 5.97 Å². The fourth-order valence-electron chi connectivity index (χ4n) is 1.49. The van der Waals surface area contributed by atoms with Crippen molar-refractivity contribution in [3.8, 4) is 0 Å². The van der Waals surface area contributed by atoms with Crippen LogP contribution in [0, 0.1) is 5.92 Å². The van der Waals surface area contributed by atoms with Crippen LogP contribution in [0.25, 0.3) is 0 Å². The molecule has 0 fully saturated rings. The van der Waals surface area contributed by atoms with E-state index in [1.807, 2.05) is 12.1 Å². The van der Waals surface area contributed by atoms with Gasteiger partial charge in [0.15, 0.2) is 0 Å². The normalized spacial score (nSPS) is 15.9. The Morgan fingerprint density at radius 1 is 1.33 bits per heavy atom. The Bertz CT molecular complexity index is 366. The van der Waals surface area contributed by atoms with Crippen molar-refractivity contribution < 1.29 is 11.3 Å². The van der Waals surface area contributed by atoms with Gasteiger partial charge in [-0.3, -0.25) is 4.79 Å². The molecule has 1 rings (SSSR count). The van der Waals surface area contributed by atoms with Crippen LogP contribution in [0.2, 0.25) is 0 Å². The molecule has 0 aliphatic heterocycles. The van der Waals surface area contributed by atoms with Crippen molar-refractivity contribution in [2.45, 2.75) is 33.1 Å². The molecule has 15 heavy (non-hydrogen) atoms. The van der Waals surface area contributed by atoms with E-state index in [1.54, 1.807) is 12.1 Å². The standard InChI is InChI=1S/C13H18O2/c1-9(2)8-11-4-6-12(7-5-11)10(3)13(14)15/h4-7,9-10H,8H2,1-3H3,(H,14,15)/i10D. The van der Waals surface area contributed by atoms with E-state index in [0.717, 1.165) is 6.42 Å². The number of hydrogen-bond donors (Lipinski definition) is 1. The highest BCUT2D eigenvalue weighted by molar-refractivity contribution is 5.75. The molecule has 0 spiro atoms. The van der Waals surface area contributed by atoms with Gasteiger partial charge >= 0.3 is 5.97 Å². The summed E-state index contributed by atoms with van der Waals surface area (Å²) in [5.41, 5.74) is 1.70. The SMILES string of the molecule is [2H]C(C)(C(=O)O)c1ccc(CC(C)C)cc1. The summed E-state index contributed by atoms with van der Waals surface area (Å²) in [5, 5.41) is 8.92. The van der Waals surface area contributed by atoms with E-state index in [1.165, 1.54) is 12.5 Å². The Balaban J connectivity index is 2.91. The second-order valence-corrected chi connectivity index (χ2v) is 4.23. The molecule has 0 aromatic heterocycles. The van der Waals surface area contributed by atoms with Gasteiger partial charge in [-0.05, 0) is 30.4 Å². The van der Waals surface area contributed by atoms with E-state index >= 15 is 0 Å². The molecule has 1 unspecified atom stereocenters. The van der Waals surface area contributed by atoms with E-state index in [0.29, 0.717) is 11.5 Å². The van der Waals surface area contributed by atoms with Crippen LogP contribution in [-0.2, 0) is 11.2 Å². The van der Waals surface area contributed by atoms with Crippen LogP contribution < -0.4 is 0 Å².